The number of rotatable bonds is 17. The maximum atomic E-state index is 14.3. The number of primary amides is 2. The number of benzene rings is 4. The number of fused-ring (bicyclic) bond motifs is 2. The van der Waals surface area contributed by atoms with Crippen LogP contribution in [0.25, 0.3) is 21.8 Å². The van der Waals surface area contributed by atoms with Gasteiger partial charge in [-0.15, -0.1) is 0 Å². The Morgan fingerprint density at radius 3 is 1.43 bits per heavy atom. The average Bonchev–Trinajstić information content (AvgIpc) is 3.96. The molecule has 7 amide bonds. The van der Waals surface area contributed by atoms with Gasteiger partial charge in [0.25, 0.3) is 11.8 Å². The van der Waals surface area contributed by atoms with Crippen LogP contribution in [0.2, 0.25) is 10.0 Å². The lowest BCUT2D eigenvalue weighted by Gasteiger charge is -2.42. The summed E-state index contributed by atoms with van der Waals surface area (Å²) in [6.45, 7) is 4.11. The lowest BCUT2D eigenvalue weighted by atomic mass is 9.85. The van der Waals surface area contributed by atoms with Gasteiger partial charge < -0.3 is 47.7 Å². The van der Waals surface area contributed by atoms with E-state index in [-0.39, 0.29) is 102 Å². The molecule has 4 aromatic carbocycles. The highest BCUT2D eigenvalue weighted by atomic mass is 35.5. The molecule has 2 aliphatic rings. The largest absolute Gasteiger partial charge is 0.446 e. The minimum Gasteiger partial charge on any atom is -0.444 e. The first-order valence-corrected chi connectivity index (χ1v) is 25.6. The predicted molar refractivity (Wildman–Crippen MR) is 286 cm³/mol. The Labute approximate surface area is 469 Å². The smallest absolute Gasteiger partial charge is 0.444 e. The minimum absolute atomic E-state index is 0.0335. The van der Waals surface area contributed by atoms with E-state index >= 15 is 0 Å². The topological polar surface area (TPSA) is 302 Å². The van der Waals surface area contributed by atoms with Crippen LogP contribution in [-0.2, 0) is 54.9 Å². The molecule has 21 nitrogen and oxygen atoms in total. The van der Waals surface area contributed by atoms with Crippen molar-refractivity contribution in [2.45, 2.75) is 109 Å². The van der Waals surface area contributed by atoms with Crippen molar-refractivity contribution in [3.05, 3.63) is 129 Å². The molecular formula is C53H57Cl2F5N12O9. The van der Waals surface area contributed by atoms with Crippen LogP contribution in [0.4, 0.5) is 26.7 Å². The molecule has 0 aliphatic heterocycles. The zero-order chi connectivity index (χ0) is 59.5. The van der Waals surface area contributed by atoms with E-state index in [4.69, 9.17) is 49.9 Å². The number of para-hydroxylation sites is 2. The highest BCUT2D eigenvalue weighted by Gasteiger charge is 2.39. The molecule has 28 heteroatoms. The third kappa shape index (κ3) is 16.9. The molecule has 0 bridgehead atoms. The van der Waals surface area contributed by atoms with Crippen molar-refractivity contribution in [2.75, 3.05) is 13.1 Å². The summed E-state index contributed by atoms with van der Waals surface area (Å²) < 4.78 is 67.7. The van der Waals surface area contributed by atoms with Crippen molar-refractivity contribution in [3.63, 3.8) is 0 Å². The van der Waals surface area contributed by atoms with Gasteiger partial charge in [-0.3, -0.25) is 42.9 Å². The highest BCUT2D eigenvalue weighted by Crippen LogP contribution is 2.29. The summed E-state index contributed by atoms with van der Waals surface area (Å²) in [6.07, 6.45) is -4.35. The van der Waals surface area contributed by atoms with Crippen molar-refractivity contribution < 1.29 is 65.0 Å². The zero-order valence-corrected chi connectivity index (χ0v) is 45.3. The number of nitrogens with one attached hydrogen (secondary N) is 3. The van der Waals surface area contributed by atoms with Gasteiger partial charge in [0.2, 0.25) is 29.9 Å². The van der Waals surface area contributed by atoms with Gasteiger partial charge in [0.05, 0.1) is 34.2 Å². The zero-order valence-electron chi connectivity index (χ0n) is 43.8. The van der Waals surface area contributed by atoms with Crippen LogP contribution in [0.5, 0.6) is 0 Å². The fraction of sp³-hybridized carbons (Fsp3) is 0.358. The van der Waals surface area contributed by atoms with Crippen LogP contribution in [0.1, 0.15) is 78.6 Å². The van der Waals surface area contributed by atoms with E-state index in [0.29, 0.717) is 47.5 Å². The highest BCUT2D eigenvalue weighted by molar-refractivity contribution is 6.31. The molecule has 9 N–H and O–H groups in total. The van der Waals surface area contributed by atoms with E-state index in [1.807, 2.05) is 0 Å². The number of aldehydes is 1. The molecular weight excluding hydrogens is 1110 g/mol. The van der Waals surface area contributed by atoms with Gasteiger partial charge in [-0.25, -0.2) is 13.6 Å². The van der Waals surface area contributed by atoms with E-state index in [0.717, 1.165) is 0 Å². The predicted octanol–water partition coefficient (Wildman–Crippen LogP) is 5.44. The van der Waals surface area contributed by atoms with Crippen LogP contribution in [-0.4, -0.2) is 126 Å². The monoisotopic (exact) mass is 1170 g/mol. The van der Waals surface area contributed by atoms with Gasteiger partial charge in [-0.1, -0.05) is 83.9 Å². The fourth-order valence-corrected chi connectivity index (χ4v) is 9.03. The Kier molecular flexibility index (Phi) is 20.5. The van der Waals surface area contributed by atoms with Crippen LogP contribution < -0.4 is 33.2 Å². The average molecular weight is 1170 g/mol. The Morgan fingerprint density at radius 2 is 1.06 bits per heavy atom. The second kappa shape index (κ2) is 26.8. The van der Waals surface area contributed by atoms with Gasteiger partial charge in [0.15, 0.2) is 11.4 Å². The molecule has 0 spiro atoms. The molecule has 8 rings (SSSR count). The summed E-state index contributed by atoms with van der Waals surface area (Å²) in [7, 11) is 0. The van der Waals surface area contributed by atoms with Crippen molar-refractivity contribution in [1.29, 1.82) is 0 Å². The maximum absolute atomic E-state index is 14.3. The van der Waals surface area contributed by atoms with Crippen molar-refractivity contribution in [3.8, 4) is 0 Å². The molecule has 0 radical (unpaired) electrons. The summed E-state index contributed by atoms with van der Waals surface area (Å²) >= 11 is 11.6. The number of carbonyl (C=O) groups is 8. The second-order valence-corrected chi connectivity index (χ2v) is 20.6. The molecule has 2 aromatic heterocycles. The Hall–Kier alpha value is -8.23. The molecule has 6 aromatic rings. The van der Waals surface area contributed by atoms with Gasteiger partial charge in [0, 0.05) is 59.2 Å². The number of aromatic nitrogens is 4. The molecule has 2 aliphatic carbocycles. The molecule has 81 heavy (non-hydrogen) atoms. The molecule has 0 unspecified atom stereocenters. The number of nitrogens with zero attached hydrogens (tertiary/aromatic N) is 6. The molecule has 2 heterocycles. The normalized spacial score (nSPS) is 16.4. The number of hydrogen-bond donors (Lipinski definition) is 6. The second-order valence-electron chi connectivity index (χ2n) is 19.8. The standard InChI is InChI=1S/C28H32ClFN6O5.C23H24ClFN6O3.C2HF3O/c1-28(2,3)41-27(40)33-17-11-18(12-17)35(14-22(37)32-13-16-7-6-9-20(29)24(16)30)23(38)15-36-21-10-5-4-8-19(21)25(34-36)26(31)39;24-17-6-3-4-13(21(17)25)10-28-19(32)11-30(15-8-14(26)9-15)20(33)12-31-18-7-2-1-5-16(18)22(29-31)23(27)34;3-2(4,5)1-6/h4-10,17-18H,11-15H2,1-3H3,(H2,31,39)(H,32,37)(H,33,40);1-7,14-15H,8-12,26H2,(H2,27,34)(H,28,32);1H. The maximum Gasteiger partial charge on any atom is 0.446 e. The van der Waals surface area contributed by atoms with Gasteiger partial charge >= 0.3 is 12.3 Å². The van der Waals surface area contributed by atoms with Crippen LogP contribution in [0, 0.1) is 11.6 Å². The molecule has 2 fully saturated rings. The fourth-order valence-electron chi connectivity index (χ4n) is 8.64. The summed E-state index contributed by atoms with van der Waals surface area (Å²) in [5.74, 6) is -4.40. The first kappa shape index (κ1) is 62.0. The van der Waals surface area contributed by atoms with Crippen LogP contribution >= 0.6 is 23.2 Å². The summed E-state index contributed by atoms with van der Waals surface area (Å²) in [6, 6.07) is 22.0. The first-order valence-electron chi connectivity index (χ1n) is 24.9. The number of ether oxygens (including phenoxy) is 1. The Bertz CT molecular complexity index is 3320. The number of alkyl carbamates (subject to hydrolysis) is 1. The molecule has 2 saturated carbocycles. The summed E-state index contributed by atoms with van der Waals surface area (Å²) in [5, 5.41) is 17.5. The number of halogens is 7. The van der Waals surface area contributed by atoms with E-state index in [1.54, 1.807) is 81.4 Å². The van der Waals surface area contributed by atoms with Crippen molar-refractivity contribution in [2.24, 2.45) is 17.2 Å². The summed E-state index contributed by atoms with van der Waals surface area (Å²) in [4.78, 5) is 99.8. The van der Waals surface area contributed by atoms with E-state index in [2.05, 4.69) is 26.1 Å². The number of carbonyl (C=O) groups excluding carboxylic acids is 8. The van der Waals surface area contributed by atoms with Gasteiger partial charge in [-0.2, -0.15) is 23.4 Å². The minimum atomic E-state index is -4.64. The SMILES string of the molecule is CC(C)(C)OC(=O)NC1CC(N(CC(=O)NCc2cccc(Cl)c2F)C(=O)Cn2nc(C(N)=O)c3ccccc32)C1.NC(=O)c1nn(CC(=O)N(CC(=O)NCc2cccc(Cl)c2F)C2CC(N)C2)c2ccccc12.O=CC(F)(F)F. The number of nitrogens with two attached hydrogens (primary N) is 3. The first-order chi connectivity index (χ1) is 38.1. The van der Waals surface area contributed by atoms with Crippen LogP contribution in [0.15, 0.2) is 84.9 Å². The number of amides is 7. The third-order valence-electron chi connectivity index (χ3n) is 12.6. The lowest BCUT2D eigenvalue weighted by Crippen LogP contribution is -2.58. The van der Waals surface area contributed by atoms with Crippen molar-refractivity contribution >= 4 is 92.8 Å². The Morgan fingerprint density at radius 1 is 0.667 bits per heavy atom. The number of hydrogen-bond acceptors (Lipinski definition) is 12. The Balaban J connectivity index is 0.000000240. The van der Waals surface area contributed by atoms with E-state index < -0.39 is 65.3 Å². The molecule has 0 atom stereocenters. The quantitative estimate of drug-likeness (QED) is 0.0492. The molecule has 432 valence electrons. The van der Waals surface area contributed by atoms with E-state index in [9.17, 15) is 55.5 Å². The summed E-state index contributed by atoms with van der Waals surface area (Å²) in [5.41, 5.74) is 17.8. The van der Waals surface area contributed by atoms with Gasteiger partial charge in [-0.05, 0) is 70.7 Å². The number of alkyl halides is 3. The van der Waals surface area contributed by atoms with Gasteiger partial charge in [0.1, 0.15) is 30.3 Å². The van der Waals surface area contributed by atoms with Crippen molar-refractivity contribution in [1.82, 2.24) is 45.3 Å². The third-order valence-corrected chi connectivity index (χ3v) is 13.2. The van der Waals surface area contributed by atoms with Crippen LogP contribution in [0.3, 0.4) is 0 Å². The van der Waals surface area contributed by atoms with E-state index in [1.165, 1.54) is 43.4 Å². The molecule has 0 saturated heterocycles. The lowest BCUT2D eigenvalue weighted by molar-refractivity contribution is -0.156.